The second-order valence-electron chi connectivity index (χ2n) is 8.09. The maximum Gasteiger partial charge on any atom is 0.411 e. The Hall–Kier alpha value is -3.13. The molecule has 2 aliphatic rings. The van der Waals surface area contributed by atoms with Crippen LogP contribution in [-0.2, 0) is 14.3 Å². The minimum absolute atomic E-state index is 0.0629. The summed E-state index contributed by atoms with van der Waals surface area (Å²) in [5.74, 6) is -0.321. The van der Waals surface area contributed by atoms with Gasteiger partial charge in [-0.15, -0.1) is 0 Å². The largest absolute Gasteiger partial charge is 0.465 e. The quantitative estimate of drug-likeness (QED) is 0.327. The Bertz CT molecular complexity index is 906. The fraction of sp³-hybridized carbons (Fsp3) is 0.636. The molecule has 0 aromatic carbocycles. The number of aromatic nitrogens is 2. The van der Waals surface area contributed by atoms with E-state index in [1.165, 1.54) is 7.05 Å². The number of aromatic amines is 1. The van der Waals surface area contributed by atoms with E-state index >= 15 is 0 Å². The summed E-state index contributed by atoms with van der Waals surface area (Å²) < 4.78 is 46.0. The smallest absolute Gasteiger partial charge is 0.411 e. The van der Waals surface area contributed by atoms with E-state index in [1.807, 2.05) is 20.8 Å². The summed E-state index contributed by atoms with van der Waals surface area (Å²) in [5, 5.41) is 19.9. The van der Waals surface area contributed by atoms with Gasteiger partial charge in [0.25, 0.3) is 5.91 Å². The zero-order valence-electron chi connectivity index (χ0n) is 20.9. The lowest BCUT2D eigenvalue weighted by Crippen LogP contribution is -2.32. The first-order chi connectivity index (χ1) is 16.9. The topological polar surface area (TPSA) is 164 Å². The molecule has 1 aromatic heterocycles. The van der Waals surface area contributed by atoms with Crippen molar-refractivity contribution in [1.29, 1.82) is 0 Å². The molecule has 11 nitrogen and oxygen atoms in total. The van der Waals surface area contributed by atoms with E-state index in [9.17, 15) is 22.8 Å². The third-order valence-corrected chi connectivity index (χ3v) is 4.85. The van der Waals surface area contributed by atoms with Gasteiger partial charge in [0, 0.05) is 31.0 Å². The number of H-pyrrole nitrogens is 1. The summed E-state index contributed by atoms with van der Waals surface area (Å²) in [6.07, 6.45) is -0.482. The summed E-state index contributed by atoms with van der Waals surface area (Å²) in [6.45, 7) is 4.68. The minimum atomic E-state index is -4.44. The molecule has 2 heterocycles. The number of halogens is 3. The molecule has 36 heavy (non-hydrogen) atoms. The molecule has 204 valence electrons. The van der Waals surface area contributed by atoms with Crippen molar-refractivity contribution >= 4 is 23.5 Å². The van der Waals surface area contributed by atoms with Crippen LogP contribution < -0.4 is 16.4 Å². The van der Waals surface area contributed by atoms with Gasteiger partial charge < -0.3 is 30.9 Å². The molecule has 1 aromatic rings. The van der Waals surface area contributed by atoms with Gasteiger partial charge >= 0.3 is 12.3 Å². The number of nitrogens with two attached hydrogens (primary N) is 1. The Morgan fingerprint density at radius 3 is 2.56 bits per heavy atom. The first-order valence-electron chi connectivity index (χ1n) is 11.5. The van der Waals surface area contributed by atoms with Crippen LogP contribution in [0.25, 0.3) is 0 Å². The number of alkyl halides is 3. The number of carboxylic acid groups (broad SMARTS) is 1. The van der Waals surface area contributed by atoms with E-state index < -0.39 is 31.4 Å². The maximum atomic E-state index is 12.2. The van der Waals surface area contributed by atoms with Crippen molar-refractivity contribution in [1.82, 2.24) is 15.5 Å². The first-order valence-corrected chi connectivity index (χ1v) is 11.5. The van der Waals surface area contributed by atoms with Crippen molar-refractivity contribution in [3.63, 3.8) is 0 Å². The number of ether oxygens (including phenoxy) is 2. The summed E-state index contributed by atoms with van der Waals surface area (Å²) >= 11 is 0. The lowest BCUT2D eigenvalue weighted by Gasteiger charge is -2.08. The van der Waals surface area contributed by atoms with Gasteiger partial charge in [-0.05, 0) is 38.7 Å². The van der Waals surface area contributed by atoms with E-state index in [0.29, 0.717) is 6.61 Å². The highest BCUT2D eigenvalue weighted by atomic mass is 19.4. The average Bonchev–Trinajstić information content (AvgIpc) is 3.19. The van der Waals surface area contributed by atoms with Crippen molar-refractivity contribution in [2.75, 3.05) is 32.2 Å². The maximum absolute atomic E-state index is 12.2. The predicted molar refractivity (Wildman–Crippen MR) is 128 cm³/mol. The number of nitrogens with one attached hydrogen (secondary N) is 3. The van der Waals surface area contributed by atoms with E-state index in [0.717, 1.165) is 37.5 Å². The van der Waals surface area contributed by atoms with Gasteiger partial charge in [-0.2, -0.15) is 18.3 Å². The third kappa shape index (κ3) is 12.0. The van der Waals surface area contributed by atoms with Gasteiger partial charge in [-0.25, -0.2) is 4.79 Å². The van der Waals surface area contributed by atoms with Gasteiger partial charge in [-0.3, -0.25) is 14.9 Å². The molecule has 0 spiro atoms. The van der Waals surface area contributed by atoms with Crippen LogP contribution in [0.1, 0.15) is 58.3 Å². The lowest BCUT2D eigenvalue weighted by atomic mass is 10.2. The Kier molecular flexibility index (Phi) is 12.4. The summed E-state index contributed by atoms with van der Waals surface area (Å²) in [6, 6.07) is 1.65. The Morgan fingerprint density at radius 2 is 2.08 bits per heavy atom. The van der Waals surface area contributed by atoms with Crippen LogP contribution in [0.2, 0.25) is 0 Å². The van der Waals surface area contributed by atoms with Gasteiger partial charge in [-0.1, -0.05) is 13.8 Å². The highest BCUT2D eigenvalue weighted by Gasteiger charge is 2.38. The summed E-state index contributed by atoms with van der Waals surface area (Å²) in [7, 11) is 1.36. The SMILES string of the molecule is CC.CC1(NC(=O)O)CC1.CN=C(/C=C(\N)COCC(F)(F)F)C(=O)Nc1cc([C@H]2CCCO2)[nH]n1. The fourth-order valence-corrected chi connectivity index (χ4v) is 2.87. The third-order valence-electron chi connectivity index (χ3n) is 4.85. The van der Waals surface area contributed by atoms with E-state index in [-0.39, 0.29) is 28.9 Å². The molecular weight excluding hydrogens is 485 g/mol. The number of carbonyl (C=O) groups is 2. The van der Waals surface area contributed by atoms with Gasteiger partial charge in [0.1, 0.15) is 12.3 Å². The monoisotopic (exact) mass is 520 g/mol. The van der Waals surface area contributed by atoms with Crippen LogP contribution in [0.4, 0.5) is 23.8 Å². The Balaban J connectivity index is 0.000000543. The van der Waals surface area contributed by atoms with Crippen LogP contribution in [-0.4, -0.2) is 71.6 Å². The van der Waals surface area contributed by atoms with Crippen molar-refractivity contribution in [2.24, 2.45) is 10.7 Å². The van der Waals surface area contributed by atoms with Crippen LogP contribution in [0.3, 0.4) is 0 Å². The number of carbonyl (C=O) groups excluding carboxylic acids is 1. The molecule has 1 aliphatic carbocycles. The number of aliphatic imine (C=N–C) groups is 1. The first kappa shape index (κ1) is 30.9. The average molecular weight is 521 g/mol. The molecular formula is C22H35F3N6O5. The van der Waals surface area contributed by atoms with Crippen molar-refractivity contribution in [3.8, 4) is 0 Å². The highest BCUT2D eigenvalue weighted by Crippen LogP contribution is 2.33. The summed E-state index contributed by atoms with van der Waals surface area (Å²) in [4.78, 5) is 25.9. The second kappa shape index (κ2) is 14.4. The zero-order valence-corrected chi connectivity index (χ0v) is 20.9. The van der Waals surface area contributed by atoms with Crippen molar-refractivity contribution in [2.45, 2.75) is 64.3 Å². The molecule has 0 radical (unpaired) electrons. The Labute approximate surface area is 207 Å². The van der Waals surface area contributed by atoms with Gasteiger partial charge in [0.15, 0.2) is 5.82 Å². The van der Waals surface area contributed by atoms with Crippen LogP contribution in [0.5, 0.6) is 0 Å². The van der Waals surface area contributed by atoms with E-state index in [1.54, 1.807) is 6.07 Å². The number of amides is 2. The molecule has 1 aliphatic heterocycles. The molecule has 14 heteroatoms. The van der Waals surface area contributed by atoms with Crippen molar-refractivity contribution in [3.05, 3.63) is 23.5 Å². The van der Waals surface area contributed by atoms with Crippen LogP contribution in [0, 0.1) is 0 Å². The number of rotatable bonds is 8. The van der Waals surface area contributed by atoms with E-state index in [2.05, 4.69) is 30.6 Å². The van der Waals surface area contributed by atoms with Gasteiger partial charge in [0.05, 0.1) is 18.4 Å². The standard InChI is InChI=1S/C15H20F3N5O3.C5H9NO2.C2H6/c1-20-11(5-9(19)7-25-8-15(16,17)18)14(24)21-13-6-10(22-23-13)12-3-2-4-26-12;1-5(2-3-5)6-4(7)8;1-2/h5-6,12H,2-4,7-8,19H2,1H3,(H2,21,22,23,24);6H,2-3H2,1H3,(H,7,8);1-2H3/b9-5-,20-11?;;/t12-;;/m1../s1. The normalized spacial score (nSPS) is 18.8. The molecule has 3 rings (SSSR count). The number of hydrogen-bond acceptors (Lipinski definition) is 7. The predicted octanol–water partition coefficient (Wildman–Crippen LogP) is 3.52. The number of hydrogen-bond donors (Lipinski definition) is 5. The summed E-state index contributed by atoms with van der Waals surface area (Å²) in [5.41, 5.74) is 6.11. The number of anilines is 1. The molecule has 1 atom stereocenters. The fourth-order valence-electron chi connectivity index (χ4n) is 2.87. The lowest BCUT2D eigenvalue weighted by molar-refractivity contribution is -0.171. The van der Waals surface area contributed by atoms with Crippen LogP contribution in [0.15, 0.2) is 22.8 Å². The highest BCUT2D eigenvalue weighted by molar-refractivity contribution is 6.47. The minimum Gasteiger partial charge on any atom is -0.465 e. The number of nitrogens with zero attached hydrogens (tertiary/aromatic N) is 2. The van der Waals surface area contributed by atoms with Crippen LogP contribution >= 0.6 is 0 Å². The molecule has 2 amide bonds. The molecule has 1 saturated carbocycles. The van der Waals surface area contributed by atoms with Crippen molar-refractivity contribution < 1.29 is 37.3 Å². The second-order valence-corrected chi connectivity index (χ2v) is 8.09. The van der Waals surface area contributed by atoms with Gasteiger partial charge in [0.2, 0.25) is 0 Å². The molecule has 1 saturated heterocycles. The molecule has 2 fully saturated rings. The Morgan fingerprint density at radius 1 is 1.42 bits per heavy atom. The molecule has 0 unspecified atom stereocenters. The molecule has 6 N–H and O–H groups in total. The zero-order chi connectivity index (χ0) is 27.4. The van der Waals surface area contributed by atoms with E-state index in [4.69, 9.17) is 15.6 Å². The molecule has 0 bridgehead atoms.